The van der Waals surface area contributed by atoms with Crippen LogP contribution < -0.4 is 0 Å². The van der Waals surface area contributed by atoms with Crippen LogP contribution in [0, 0.1) is 5.92 Å². The SMILES string of the molecule is CC(=O)N1CCC[C@@H]2C(=O)OC(=O)[C@@H]21. The highest BCUT2D eigenvalue weighted by Gasteiger charge is 2.50. The third kappa shape index (κ3) is 1.20. The zero-order chi connectivity index (χ0) is 10.3. The molecule has 2 fully saturated rings. The van der Waals surface area contributed by atoms with Gasteiger partial charge in [0.1, 0.15) is 6.04 Å². The van der Waals surface area contributed by atoms with Gasteiger partial charge in [0.2, 0.25) is 5.91 Å². The Bertz CT molecular complexity index is 312. The van der Waals surface area contributed by atoms with Crippen molar-refractivity contribution in [2.75, 3.05) is 6.54 Å². The molecule has 2 aliphatic rings. The molecule has 2 atom stereocenters. The minimum Gasteiger partial charge on any atom is -0.391 e. The summed E-state index contributed by atoms with van der Waals surface area (Å²) in [7, 11) is 0. The first kappa shape index (κ1) is 9.18. The fraction of sp³-hybridized carbons (Fsp3) is 0.667. The number of nitrogens with zero attached hydrogens (tertiary/aromatic N) is 1. The van der Waals surface area contributed by atoms with E-state index in [-0.39, 0.29) is 5.91 Å². The van der Waals surface area contributed by atoms with Crippen molar-refractivity contribution >= 4 is 17.8 Å². The number of hydrogen-bond acceptors (Lipinski definition) is 4. The summed E-state index contributed by atoms with van der Waals surface area (Å²) in [6.45, 7) is 1.94. The van der Waals surface area contributed by atoms with Gasteiger partial charge < -0.3 is 9.64 Å². The zero-order valence-corrected chi connectivity index (χ0v) is 7.86. The van der Waals surface area contributed by atoms with E-state index in [4.69, 9.17) is 0 Å². The normalized spacial score (nSPS) is 31.4. The van der Waals surface area contributed by atoms with Crippen LogP contribution in [-0.2, 0) is 19.1 Å². The molecule has 0 aromatic rings. The number of fused-ring (bicyclic) bond motifs is 1. The van der Waals surface area contributed by atoms with E-state index < -0.39 is 23.9 Å². The van der Waals surface area contributed by atoms with Crippen LogP contribution in [0.2, 0.25) is 0 Å². The van der Waals surface area contributed by atoms with Gasteiger partial charge in [0.05, 0.1) is 5.92 Å². The van der Waals surface area contributed by atoms with E-state index in [0.29, 0.717) is 13.0 Å². The molecular weight excluding hydrogens is 186 g/mol. The first-order chi connectivity index (χ1) is 6.61. The Morgan fingerprint density at radius 2 is 2.14 bits per heavy atom. The highest BCUT2D eigenvalue weighted by molar-refractivity contribution is 6.00. The summed E-state index contributed by atoms with van der Waals surface area (Å²) in [5.41, 5.74) is 0. The Labute approximate surface area is 81.0 Å². The molecule has 2 heterocycles. The molecule has 2 aliphatic heterocycles. The molecule has 0 spiro atoms. The smallest absolute Gasteiger partial charge is 0.337 e. The molecule has 2 saturated heterocycles. The van der Waals surface area contributed by atoms with Crippen LogP contribution in [0.15, 0.2) is 0 Å². The number of carbonyl (C=O) groups is 3. The van der Waals surface area contributed by atoms with Gasteiger partial charge in [0, 0.05) is 13.5 Å². The second kappa shape index (κ2) is 3.08. The Morgan fingerprint density at radius 1 is 1.43 bits per heavy atom. The van der Waals surface area contributed by atoms with Crippen LogP contribution in [-0.4, -0.2) is 35.3 Å². The maximum atomic E-state index is 11.3. The standard InChI is InChI=1S/C9H11NO4/c1-5(11)10-4-2-3-6-7(10)9(13)14-8(6)12/h6-7H,2-4H2,1H3/t6-,7+/m0/s1. The molecular formula is C9H11NO4. The Balaban J connectivity index is 2.27. The lowest BCUT2D eigenvalue weighted by atomic mass is 9.91. The summed E-state index contributed by atoms with van der Waals surface area (Å²) in [5, 5.41) is 0. The first-order valence-corrected chi connectivity index (χ1v) is 4.64. The molecule has 5 nitrogen and oxygen atoms in total. The van der Waals surface area contributed by atoms with Gasteiger partial charge >= 0.3 is 11.9 Å². The van der Waals surface area contributed by atoms with Crippen molar-refractivity contribution in [3.8, 4) is 0 Å². The molecule has 0 saturated carbocycles. The molecule has 0 bridgehead atoms. The number of ether oxygens (including phenoxy) is 1. The lowest BCUT2D eigenvalue weighted by Crippen LogP contribution is -2.49. The van der Waals surface area contributed by atoms with Crippen LogP contribution in [0.25, 0.3) is 0 Å². The van der Waals surface area contributed by atoms with E-state index >= 15 is 0 Å². The van der Waals surface area contributed by atoms with E-state index in [1.807, 2.05) is 0 Å². The van der Waals surface area contributed by atoms with Crippen molar-refractivity contribution in [1.82, 2.24) is 4.90 Å². The second-order valence-corrected chi connectivity index (χ2v) is 3.65. The summed E-state index contributed by atoms with van der Waals surface area (Å²) >= 11 is 0. The van der Waals surface area contributed by atoms with E-state index in [9.17, 15) is 14.4 Å². The summed E-state index contributed by atoms with van der Waals surface area (Å²) in [4.78, 5) is 35.1. The topological polar surface area (TPSA) is 63.7 Å². The minimum atomic E-state index is -0.659. The van der Waals surface area contributed by atoms with Gasteiger partial charge in [0.25, 0.3) is 0 Å². The molecule has 0 N–H and O–H groups in total. The summed E-state index contributed by atoms with van der Waals surface area (Å²) in [6, 6.07) is -0.659. The highest BCUT2D eigenvalue weighted by atomic mass is 16.6. The molecule has 2 rings (SSSR count). The predicted octanol–water partition coefficient (Wildman–Crippen LogP) is -0.303. The number of piperidine rings is 1. The number of carbonyl (C=O) groups excluding carboxylic acids is 3. The van der Waals surface area contributed by atoms with Gasteiger partial charge in [-0.2, -0.15) is 0 Å². The van der Waals surface area contributed by atoms with Crippen molar-refractivity contribution in [2.45, 2.75) is 25.8 Å². The molecule has 5 heteroatoms. The third-order valence-corrected chi connectivity index (χ3v) is 2.78. The van der Waals surface area contributed by atoms with E-state index in [0.717, 1.165) is 6.42 Å². The van der Waals surface area contributed by atoms with Gasteiger partial charge in [-0.15, -0.1) is 0 Å². The number of esters is 2. The van der Waals surface area contributed by atoms with Crippen LogP contribution in [0.4, 0.5) is 0 Å². The average Bonchev–Trinajstić information content (AvgIpc) is 2.43. The second-order valence-electron chi connectivity index (χ2n) is 3.65. The van der Waals surface area contributed by atoms with Gasteiger partial charge in [-0.25, -0.2) is 4.79 Å². The van der Waals surface area contributed by atoms with E-state index in [1.54, 1.807) is 0 Å². The average molecular weight is 197 g/mol. The molecule has 0 unspecified atom stereocenters. The molecule has 14 heavy (non-hydrogen) atoms. The number of cyclic esters (lactones) is 2. The molecule has 0 radical (unpaired) electrons. The van der Waals surface area contributed by atoms with Crippen molar-refractivity contribution < 1.29 is 19.1 Å². The number of rotatable bonds is 0. The largest absolute Gasteiger partial charge is 0.391 e. The Hall–Kier alpha value is -1.39. The van der Waals surface area contributed by atoms with Gasteiger partial charge in [0.15, 0.2) is 0 Å². The maximum absolute atomic E-state index is 11.3. The summed E-state index contributed by atoms with van der Waals surface area (Å²) < 4.78 is 4.52. The monoisotopic (exact) mass is 197 g/mol. The van der Waals surface area contributed by atoms with Crippen LogP contribution in [0.5, 0.6) is 0 Å². The number of amides is 1. The molecule has 0 aliphatic carbocycles. The van der Waals surface area contributed by atoms with Crippen LogP contribution >= 0.6 is 0 Å². The minimum absolute atomic E-state index is 0.175. The van der Waals surface area contributed by atoms with Crippen LogP contribution in [0.3, 0.4) is 0 Å². The van der Waals surface area contributed by atoms with Gasteiger partial charge in [-0.05, 0) is 12.8 Å². The molecule has 0 aromatic heterocycles. The van der Waals surface area contributed by atoms with Gasteiger partial charge in [-0.3, -0.25) is 9.59 Å². The lowest BCUT2D eigenvalue weighted by Gasteiger charge is -2.32. The molecule has 76 valence electrons. The summed E-state index contributed by atoms with van der Waals surface area (Å²) in [6.07, 6.45) is 1.39. The Morgan fingerprint density at radius 3 is 2.79 bits per heavy atom. The fourth-order valence-electron chi connectivity index (χ4n) is 2.12. The molecule has 1 amide bonds. The first-order valence-electron chi connectivity index (χ1n) is 4.64. The van der Waals surface area contributed by atoms with Crippen molar-refractivity contribution in [2.24, 2.45) is 5.92 Å². The van der Waals surface area contributed by atoms with Gasteiger partial charge in [-0.1, -0.05) is 0 Å². The Kier molecular flexibility index (Phi) is 2.02. The van der Waals surface area contributed by atoms with Crippen molar-refractivity contribution in [3.63, 3.8) is 0 Å². The lowest BCUT2D eigenvalue weighted by molar-refractivity contribution is -0.155. The summed E-state index contributed by atoms with van der Waals surface area (Å²) in [5.74, 6) is -1.66. The molecule has 0 aromatic carbocycles. The number of hydrogen-bond donors (Lipinski definition) is 0. The quantitative estimate of drug-likeness (QED) is 0.395. The van der Waals surface area contributed by atoms with E-state index in [2.05, 4.69) is 4.74 Å². The van der Waals surface area contributed by atoms with Crippen molar-refractivity contribution in [1.29, 1.82) is 0 Å². The third-order valence-electron chi connectivity index (χ3n) is 2.78. The highest BCUT2D eigenvalue weighted by Crippen LogP contribution is 2.30. The van der Waals surface area contributed by atoms with E-state index in [1.165, 1.54) is 11.8 Å². The van der Waals surface area contributed by atoms with Crippen LogP contribution in [0.1, 0.15) is 19.8 Å². The predicted molar refractivity (Wildman–Crippen MR) is 45.0 cm³/mol. The maximum Gasteiger partial charge on any atom is 0.337 e. The fourth-order valence-corrected chi connectivity index (χ4v) is 2.12. The van der Waals surface area contributed by atoms with Crippen molar-refractivity contribution in [3.05, 3.63) is 0 Å². The number of likely N-dealkylation sites (tertiary alicyclic amines) is 1. The zero-order valence-electron chi connectivity index (χ0n) is 7.86.